The summed E-state index contributed by atoms with van der Waals surface area (Å²) in [7, 11) is 0. The number of hydrogen-bond donors (Lipinski definition) is 0. The van der Waals surface area contributed by atoms with Crippen LogP contribution in [0.5, 0.6) is 0 Å². The Morgan fingerprint density at radius 2 is 2.00 bits per heavy atom. The van der Waals surface area contributed by atoms with E-state index in [4.69, 9.17) is 4.74 Å². The molecule has 0 N–H and O–H groups in total. The van der Waals surface area contributed by atoms with Gasteiger partial charge in [0, 0.05) is 6.61 Å². The van der Waals surface area contributed by atoms with Gasteiger partial charge in [0.2, 0.25) is 0 Å². The quantitative estimate of drug-likeness (QED) is 0.713. The summed E-state index contributed by atoms with van der Waals surface area (Å²) in [6.07, 6.45) is 4.35. The molecule has 1 saturated heterocycles. The van der Waals surface area contributed by atoms with Crippen LogP contribution in [-0.4, -0.2) is 12.7 Å². The van der Waals surface area contributed by atoms with E-state index in [9.17, 15) is 0 Å². The fourth-order valence-corrected chi connectivity index (χ4v) is 3.70. The molecule has 1 heterocycles. The third-order valence-electron chi connectivity index (χ3n) is 4.93. The highest BCUT2D eigenvalue weighted by Crippen LogP contribution is 2.47. The lowest BCUT2D eigenvalue weighted by Gasteiger charge is -2.40. The average Bonchev–Trinajstić information content (AvgIpc) is 2.71. The SMILES string of the molecule is CC1COC2CC(C)(c3ccccc3)CCC12. The monoisotopic (exact) mass is 230 g/mol. The lowest BCUT2D eigenvalue weighted by molar-refractivity contribution is 0.0387. The predicted octanol–water partition coefficient (Wildman–Crippen LogP) is 3.78. The minimum absolute atomic E-state index is 0.326. The standard InChI is InChI=1S/C16H22O/c1-12-11-17-15-10-16(2,9-8-14(12)15)13-6-4-3-5-7-13/h3-7,12,14-15H,8-11H2,1-2H3. The molecule has 1 aromatic carbocycles. The summed E-state index contributed by atoms with van der Waals surface area (Å²) in [6.45, 7) is 5.72. The summed E-state index contributed by atoms with van der Waals surface area (Å²) in [5, 5.41) is 0. The molecule has 1 saturated carbocycles. The number of rotatable bonds is 1. The van der Waals surface area contributed by atoms with E-state index >= 15 is 0 Å². The van der Waals surface area contributed by atoms with Gasteiger partial charge < -0.3 is 4.74 Å². The van der Waals surface area contributed by atoms with Gasteiger partial charge in [-0.15, -0.1) is 0 Å². The Bertz CT molecular complexity index is 386. The van der Waals surface area contributed by atoms with E-state index in [0.717, 1.165) is 18.4 Å². The molecule has 2 aliphatic rings. The number of fused-ring (bicyclic) bond motifs is 1. The first-order chi connectivity index (χ1) is 8.19. The lowest BCUT2D eigenvalue weighted by atomic mass is 9.65. The second-order valence-corrected chi connectivity index (χ2v) is 6.18. The molecule has 0 radical (unpaired) electrons. The molecule has 1 aliphatic heterocycles. The molecule has 4 atom stereocenters. The molecule has 0 spiro atoms. The highest BCUT2D eigenvalue weighted by atomic mass is 16.5. The van der Waals surface area contributed by atoms with Gasteiger partial charge in [-0.2, -0.15) is 0 Å². The van der Waals surface area contributed by atoms with E-state index in [0.29, 0.717) is 11.5 Å². The summed E-state index contributed by atoms with van der Waals surface area (Å²) >= 11 is 0. The number of benzene rings is 1. The van der Waals surface area contributed by atoms with Gasteiger partial charge in [-0.1, -0.05) is 44.2 Å². The van der Waals surface area contributed by atoms with Gasteiger partial charge in [-0.25, -0.2) is 0 Å². The van der Waals surface area contributed by atoms with Crippen molar-refractivity contribution in [2.75, 3.05) is 6.61 Å². The van der Waals surface area contributed by atoms with Gasteiger partial charge in [-0.3, -0.25) is 0 Å². The first-order valence-electron chi connectivity index (χ1n) is 6.86. The molecular formula is C16H22O. The minimum atomic E-state index is 0.326. The second-order valence-electron chi connectivity index (χ2n) is 6.18. The molecule has 2 fully saturated rings. The van der Waals surface area contributed by atoms with Crippen molar-refractivity contribution in [1.82, 2.24) is 0 Å². The van der Waals surface area contributed by atoms with Gasteiger partial charge in [0.1, 0.15) is 0 Å². The predicted molar refractivity (Wildman–Crippen MR) is 70.0 cm³/mol. The van der Waals surface area contributed by atoms with Crippen LogP contribution in [0.3, 0.4) is 0 Å². The van der Waals surface area contributed by atoms with E-state index in [-0.39, 0.29) is 0 Å². The fraction of sp³-hybridized carbons (Fsp3) is 0.625. The van der Waals surface area contributed by atoms with Crippen molar-refractivity contribution in [1.29, 1.82) is 0 Å². The van der Waals surface area contributed by atoms with Crippen molar-refractivity contribution in [3.05, 3.63) is 35.9 Å². The minimum Gasteiger partial charge on any atom is -0.378 e. The molecular weight excluding hydrogens is 208 g/mol. The van der Waals surface area contributed by atoms with Gasteiger partial charge >= 0.3 is 0 Å². The van der Waals surface area contributed by atoms with E-state index in [1.54, 1.807) is 0 Å². The summed E-state index contributed by atoms with van der Waals surface area (Å²) in [5.41, 5.74) is 1.81. The molecule has 1 nitrogen and oxygen atoms in total. The topological polar surface area (TPSA) is 9.23 Å². The summed E-state index contributed by atoms with van der Waals surface area (Å²) in [6, 6.07) is 11.0. The highest BCUT2D eigenvalue weighted by molar-refractivity contribution is 5.25. The molecule has 0 aromatic heterocycles. The number of hydrogen-bond acceptors (Lipinski definition) is 1. The van der Waals surface area contributed by atoms with Crippen molar-refractivity contribution >= 4 is 0 Å². The Morgan fingerprint density at radius 1 is 1.24 bits per heavy atom. The molecule has 17 heavy (non-hydrogen) atoms. The lowest BCUT2D eigenvalue weighted by Crippen LogP contribution is -2.37. The normalized spacial score (nSPS) is 41.2. The summed E-state index contributed by atoms with van der Waals surface area (Å²) in [4.78, 5) is 0. The highest BCUT2D eigenvalue weighted by Gasteiger charge is 2.44. The van der Waals surface area contributed by atoms with Crippen LogP contribution < -0.4 is 0 Å². The third kappa shape index (κ3) is 1.91. The third-order valence-corrected chi connectivity index (χ3v) is 4.93. The molecule has 1 heteroatoms. The first kappa shape index (κ1) is 11.3. The van der Waals surface area contributed by atoms with E-state index in [2.05, 4.69) is 44.2 Å². The second kappa shape index (κ2) is 4.13. The van der Waals surface area contributed by atoms with E-state index in [1.807, 2.05) is 0 Å². The Morgan fingerprint density at radius 3 is 2.76 bits per heavy atom. The van der Waals surface area contributed by atoms with Crippen LogP contribution in [0, 0.1) is 11.8 Å². The van der Waals surface area contributed by atoms with Crippen LogP contribution in [0.25, 0.3) is 0 Å². The maximum absolute atomic E-state index is 5.99. The van der Waals surface area contributed by atoms with E-state index in [1.165, 1.54) is 24.8 Å². The fourth-order valence-electron chi connectivity index (χ4n) is 3.70. The zero-order valence-corrected chi connectivity index (χ0v) is 10.9. The van der Waals surface area contributed by atoms with Gasteiger partial charge in [-0.05, 0) is 42.1 Å². The Kier molecular flexibility index (Phi) is 2.74. The summed E-state index contributed by atoms with van der Waals surface area (Å²) < 4.78 is 5.99. The first-order valence-corrected chi connectivity index (χ1v) is 6.86. The van der Waals surface area contributed by atoms with Gasteiger partial charge in [0.25, 0.3) is 0 Å². The Hall–Kier alpha value is -0.820. The maximum Gasteiger partial charge on any atom is 0.0615 e. The zero-order chi connectivity index (χ0) is 11.9. The van der Waals surface area contributed by atoms with Crippen molar-refractivity contribution in [2.45, 2.75) is 44.6 Å². The molecule has 1 aliphatic carbocycles. The van der Waals surface area contributed by atoms with Crippen molar-refractivity contribution in [2.24, 2.45) is 11.8 Å². The molecule has 92 valence electrons. The van der Waals surface area contributed by atoms with Crippen LogP contribution in [0.4, 0.5) is 0 Å². The number of ether oxygens (including phenoxy) is 1. The largest absolute Gasteiger partial charge is 0.378 e. The van der Waals surface area contributed by atoms with Crippen LogP contribution in [0.1, 0.15) is 38.7 Å². The zero-order valence-electron chi connectivity index (χ0n) is 10.9. The van der Waals surface area contributed by atoms with Gasteiger partial charge in [0.05, 0.1) is 6.10 Å². The van der Waals surface area contributed by atoms with Crippen LogP contribution in [-0.2, 0) is 10.2 Å². The molecule has 0 amide bonds. The maximum atomic E-state index is 5.99. The molecule has 1 aromatic rings. The average molecular weight is 230 g/mol. The van der Waals surface area contributed by atoms with E-state index < -0.39 is 0 Å². The Labute approximate surface area is 104 Å². The smallest absolute Gasteiger partial charge is 0.0615 e. The van der Waals surface area contributed by atoms with Crippen LogP contribution >= 0.6 is 0 Å². The molecule has 4 unspecified atom stereocenters. The van der Waals surface area contributed by atoms with Crippen molar-refractivity contribution in [3.8, 4) is 0 Å². The van der Waals surface area contributed by atoms with Crippen LogP contribution in [0.15, 0.2) is 30.3 Å². The van der Waals surface area contributed by atoms with Gasteiger partial charge in [0.15, 0.2) is 0 Å². The van der Waals surface area contributed by atoms with Crippen LogP contribution in [0.2, 0.25) is 0 Å². The van der Waals surface area contributed by atoms with Crippen molar-refractivity contribution in [3.63, 3.8) is 0 Å². The van der Waals surface area contributed by atoms with Crippen molar-refractivity contribution < 1.29 is 4.74 Å². The molecule has 0 bridgehead atoms. The Balaban J connectivity index is 1.82. The summed E-state index contributed by atoms with van der Waals surface area (Å²) in [5.74, 6) is 1.58. The molecule has 3 rings (SSSR count).